The van der Waals surface area contributed by atoms with Crippen LogP contribution in [0.4, 0.5) is 11.6 Å². The molecular weight excluding hydrogens is 516 g/mol. The maximum atomic E-state index is 11.4. The molecule has 1 unspecified atom stereocenters. The van der Waals surface area contributed by atoms with Crippen LogP contribution in [0, 0.1) is 0 Å². The van der Waals surface area contributed by atoms with Gasteiger partial charge in [-0.15, -0.1) is 5.10 Å². The van der Waals surface area contributed by atoms with Gasteiger partial charge in [0.2, 0.25) is 5.95 Å². The summed E-state index contributed by atoms with van der Waals surface area (Å²) in [5, 5.41) is 13.9. The molecule has 12 heteroatoms. The van der Waals surface area contributed by atoms with E-state index in [-0.39, 0.29) is 6.54 Å². The molecule has 1 N–H and O–H groups in total. The van der Waals surface area contributed by atoms with E-state index in [9.17, 15) is 8.76 Å². The van der Waals surface area contributed by atoms with Crippen LogP contribution in [0.3, 0.4) is 0 Å². The van der Waals surface area contributed by atoms with Gasteiger partial charge in [0, 0.05) is 60.3 Å². The van der Waals surface area contributed by atoms with Crippen LogP contribution in [0.5, 0.6) is 0 Å². The van der Waals surface area contributed by atoms with Crippen molar-refractivity contribution in [2.24, 2.45) is 0 Å². The molecule has 39 heavy (non-hydrogen) atoms. The van der Waals surface area contributed by atoms with Gasteiger partial charge in [-0.3, -0.25) is 13.8 Å². The molecule has 1 fully saturated rings. The molecule has 2 aromatic carbocycles. The number of nitrogens with zero attached hydrogens (tertiary/aromatic N) is 7. The first-order valence-electron chi connectivity index (χ1n) is 12.8. The Hall–Kier alpha value is -3.68. The van der Waals surface area contributed by atoms with Crippen LogP contribution in [0.1, 0.15) is 5.56 Å². The van der Waals surface area contributed by atoms with Gasteiger partial charge >= 0.3 is 0 Å². The molecule has 4 heterocycles. The third-order valence-electron chi connectivity index (χ3n) is 6.90. The number of rotatable bonds is 9. The van der Waals surface area contributed by atoms with E-state index in [1.807, 2.05) is 63.8 Å². The fraction of sp³-hybridized carbons (Fsp3) is 0.296. The van der Waals surface area contributed by atoms with Gasteiger partial charge in [-0.1, -0.05) is 24.3 Å². The Labute approximate surface area is 228 Å². The second kappa shape index (κ2) is 11.2. The number of morpholine rings is 1. The molecule has 6 rings (SSSR count). The molecule has 0 aliphatic carbocycles. The highest BCUT2D eigenvalue weighted by Crippen LogP contribution is 2.27. The number of hydrogen-bond donors (Lipinski definition) is 1. The van der Waals surface area contributed by atoms with Crippen LogP contribution in [0.2, 0.25) is 0 Å². The summed E-state index contributed by atoms with van der Waals surface area (Å²) >= 11 is -2.30. The Bertz CT molecular complexity index is 1630. The second-order valence-electron chi connectivity index (χ2n) is 9.54. The molecule has 0 saturated carbocycles. The van der Waals surface area contributed by atoms with Crippen molar-refractivity contribution < 1.29 is 13.5 Å². The van der Waals surface area contributed by atoms with Crippen molar-refractivity contribution in [3.05, 3.63) is 72.6 Å². The van der Waals surface area contributed by atoms with Crippen molar-refractivity contribution in [1.82, 2.24) is 33.6 Å². The van der Waals surface area contributed by atoms with Crippen LogP contribution in [0.15, 0.2) is 67.0 Å². The van der Waals surface area contributed by atoms with Crippen LogP contribution >= 0.6 is 0 Å². The monoisotopic (exact) mass is 545 g/mol. The maximum Gasteiger partial charge on any atom is 0.245 e. The Morgan fingerprint density at radius 1 is 1.08 bits per heavy atom. The fourth-order valence-electron chi connectivity index (χ4n) is 4.82. The lowest BCUT2D eigenvalue weighted by Crippen LogP contribution is -2.38. The molecular formula is C27H29N8O3S-. The first-order chi connectivity index (χ1) is 19.0. The molecule has 0 spiro atoms. The molecule has 202 valence electrons. The number of nitrogens with one attached hydrogen (secondary N) is 1. The molecule has 1 saturated heterocycles. The van der Waals surface area contributed by atoms with Gasteiger partial charge in [0.1, 0.15) is 0 Å². The highest BCUT2D eigenvalue weighted by Gasteiger charge is 2.14. The Balaban J connectivity index is 1.22. The minimum atomic E-state index is -2.30. The first-order valence-corrected chi connectivity index (χ1v) is 13.8. The first kappa shape index (κ1) is 25.6. The van der Waals surface area contributed by atoms with E-state index in [4.69, 9.17) is 14.9 Å². The third kappa shape index (κ3) is 5.70. The Morgan fingerprint density at radius 3 is 2.77 bits per heavy atom. The Morgan fingerprint density at radius 2 is 1.92 bits per heavy atom. The van der Waals surface area contributed by atoms with E-state index in [2.05, 4.69) is 21.4 Å². The zero-order valence-corrected chi connectivity index (χ0v) is 22.4. The van der Waals surface area contributed by atoms with Crippen LogP contribution in [0.25, 0.3) is 27.7 Å². The highest BCUT2D eigenvalue weighted by atomic mass is 32.2. The number of ether oxygens (including phenoxy) is 1. The summed E-state index contributed by atoms with van der Waals surface area (Å²) in [6.07, 6.45) is 3.84. The minimum Gasteiger partial charge on any atom is -0.760 e. The summed E-state index contributed by atoms with van der Waals surface area (Å²) in [5.41, 5.74) is 5.22. The van der Waals surface area contributed by atoms with Crippen molar-refractivity contribution in [1.29, 1.82) is 0 Å². The standard InChI is InChI=1S/C27H30N8O3S/c1-32(39(36)37)18-20-4-2-3-5-24(20)26-9-8-23-17-28-27(31-35(23)26)29-22-7-6-21-19-34(30-25(21)16-22)11-10-33-12-14-38-15-13-33/h2-9,16-17,19H,10-15,18H2,1H3,(H,29,31)(H,36,37)/p-1. The normalized spacial score (nSPS) is 15.4. The van der Waals surface area contributed by atoms with Crippen molar-refractivity contribution in [2.45, 2.75) is 13.1 Å². The van der Waals surface area contributed by atoms with Gasteiger partial charge in [0.15, 0.2) is 0 Å². The van der Waals surface area contributed by atoms with Crippen molar-refractivity contribution in [2.75, 3.05) is 45.2 Å². The molecule has 1 aliphatic heterocycles. The number of benzene rings is 2. The summed E-state index contributed by atoms with van der Waals surface area (Å²) in [6.45, 7) is 5.55. The lowest BCUT2D eigenvalue weighted by Gasteiger charge is -2.26. The molecule has 0 bridgehead atoms. The molecule has 5 aromatic rings. The quantitative estimate of drug-likeness (QED) is 0.281. The van der Waals surface area contributed by atoms with Gasteiger partial charge in [-0.05, 0) is 42.9 Å². The van der Waals surface area contributed by atoms with Crippen LogP contribution in [-0.2, 0) is 29.1 Å². The number of fused-ring (bicyclic) bond motifs is 2. The molecule has 0 radical (unpaired) electrons. The van der Waals surface area contributed by atoms with E-state index in [0.717, 1.165) is 78.3 Å². The zero-order chi connectivity index (χ0) is 26.8. The number of anilines is 2. The van der Waals surface area contributed by atoms with E-state index in [1.54, 1.807) is 13.2 Å². The third-order valence-corrected chi connectivity index (χ3v) is 7.54. The fourth-order valence-corrected chi connectivity index (χ4v) is 5.07. The molecule has 1 aliphatic rings. The molecule has 0 amide bonds. The average molecular weight is 546 g/mol. The maximum absolute atomic E-state index is 11.4. The predicted molar refractivity (Wildman–Crippen MR) is 149 cm³/mol. The summed E-state index contributed by atoms with van der Waals surface area (Å²) in [4.78, 5) is 6.89. The van der Waals surface area contributed by atoms with Gasteiger partial charge in [-0.25, -0.2) is 13.8 Å². The lowest BCUT2D eigenvalue weighted by atomic mass is 10.0. The minimum absolute atomic E-state index is 0.259. The predicted octanol–water partition coefficient (Wildman–Crippen LogP) is 3.05. The summed E-state index contributed by atoms with van der Waals surface area (Å²) in [7, 11) is 1.55. The second-order valence-corrected chi connectivity index (χ2v) is 10.6. The Kier molecular flexibility index (Phi) is 7.35. The highest BCUT2D eigenvalue weighted by molar-refractivity contribution is 7.76. The van der Waals surface area contributed by atoms with Gasteiger partial charge < -0.3 is 14.6 Å². The summed E-state index contributed by atoms with van der Waals surface area (Å²) in [6, 6.07) is 17.7. The van der Waals surface area contributed by atoms with E-state index < -0.39 is 11.3 Å². The smallest absolute Gasteiger partial charge is 0.245 e. The average Bonchev–Trinajstić information content (AvgIpc) is 3.56. The largest absolute Gasteiger partial charge is 0.760 e. The van der Waals surface area contributed by atoms with Crippen molar-refractivity contribution >= 4 is 39.3 Å². The van der Waals surface area contributed by atoms with E-state index in [1.165, 1.54) is 4.31 Å². The lowest BCUT2D eigenvalue weighted by molar-refractivity contribution is 0.0360. The van der Waals surface area contributed by atoms with Crippen molar-refractivity contribution in [3.8, 4) is 11.3 Å². The summed E-state index contributed by atoms with van der Waals surface area (Å²) < 4.78 is 33.3. The van der Waals surface area contributed by atoms with Crippen LogP contribution in [-0.4, -0.2) is 82.2 Å². The SMILES string of the molecule is CN(Cc1ccccc1-c1ccc2cnc(Nc3ccc4cn(CCN5CCOCC5)nc4c3)nn12)S(=O)[O-]. The zero-order valence-electron chi connectivity index (χ0n) is 21.6. The van der Waals surface area contributed by atoms with Crippen molar-refractivity contribution in [3.63, 3.8) is 0 Å². The van der Waals surface area contributed by atoms with Gasteiger partial charge in [-0.2, -0.15) is 5.10 Å². The molecule has 11 nitrogen and oxygen atoms in total. The van der Waals surface area contributed by atoms with E-state index in [0.29, 0.717) is 5.95 Å². The van der Waals surface area contributed by atoms with Gasteiger partial charge in [0.25, 0.3) is 0 Å². The van der Waals surface area contributed by atoms with E-state index >= 15 is 0 Å². The topological polar surface area (TPSA) is 116 Å². The number of hydrogen-bond acceptors (Lipinski definition) is 8. The number of aromatic nitrogens is 5. The molecule has 3 aromatic heterocycles. The summed E-state index contributed by atoms with van der Waals surface area (Å²) in [5.74, 6) is 0.446. The van der Waals surface area contributed by atoms with Crippen LogP contribution < -0.4 is 5.32 Å². The molecule has 1 atom stereocenters. The van der Waals surface area contributed by atoms with Gasteiger partial charge in [0.05, 0.1) is 42.7 Å².